The third-order valence-electron chi connectivity index (χ3n) is 3.74. The second-order valence-electron chi connectivity index (χ2n) is 5.40. The second kappa shape index (κ2) is 6.48. The van der Waals surface area contributed by atoms with Crippen molar-refractivity contribution in [2.45, 2.75) is 26.7 Å². The highest BCUT2D eigenvalue weighted by Crippen LogP contribution is 2.21. The van der Waals surface area contributed by atoms with Crippen LogP contribution in [0.4, 0.5) is 5.69 Å². The monoisotopic (exact) mass is 310 g/mol. The highest BCUT2D eigenvalue weighted by atomic mass is 16.5. The topological polar surface area (TPSA) is 83.8 Å². The Morgan fingerprint density at radius 2 is 2.17 bits per heavy atom. The molecule has 1 aromatic carbocycles. The third-order valence-corrected chi connectivity index (χ3v) is 3.74. The van der Waals surface area contributed by atoms with Gasteiger partial charge in [-0.15, -0.1) is 0 Å². The van der Waals surface area contributed by atoms with Crippen molar-refractivity contribution in [3.05, 3.63) is 53.5 Å². The number of carbonyl (C=O) groups excluding carboxylic acids is 1. The molecule has 0 aliphatic carbocycles. The van der Waals surface area contributed by atoms with Crippen molar-refractivity contribution in [1.82, 2.24) is 15.4 Å². The molecule has 0 saturated carbocycles. The van der Waals surface area contributed by atoms with Gasteiger partial charge in [-0.25, -0.2) is 0 Å². The molecular formula is C17H18N4O2. The van der Waals surface area contributed by atoms with Gasteiger partial charge < -0.3 is 9.84 Å². The number of rotatable bonds is 5. The molecule has 2 heterocycles. The molecule has 0 fully saturated rings. The van der Waals surface area contributed by atoms with E-state index < -0.39 is 0 Å². The molecule has 0 bridgehead atoms. The number of amides is 1. The van der Waals surface area contributed by atoms with Crippen molar-refractivity contribution in [1.29, 1.82) is 0 Å². The lowest BCUT2D eigenvalue weighted by Gasteiger charge is -2.07. The summed E-state index contributed by atoms with van der Waals surface area (Å²) >= 11 is 0. The van der Waals surface area contributed by atoms with Gasteiger partial charge in [-0.2, -0.15) is 5.10 Å². The number of hydrogen-bond donors (Lipinski definition) is 2. The first-order valence-corrected chi connectivity index (χ1v) is 7.45. The van der Waals surface area contributed by atoms with Crippen LogP contribution in [0, 0.1) is 13.8 Å². The number of nitrogens with one attached hydrogen (secondary N) is 2. The zero-order chi connectivity index (χ0) is 16.2. The summed E-state index contributed by atoms with van der Waals surface area (Å²) in [6, 6.07) is 9.54. The fourth-order valence-corrected chi connectivity index (χ4v) is 2.50. The molecule has 3 rings (SSSR count). The van der Waals surface area contributed by atoms with Crippen LogP contribution in [0.1, 0.15) is 23.4 Å². The first-order chi connectivity index (χ1) is 11.1. The number of anilines is 1. The first kappa shape index (κ1) is 15.0. The van der Waals surface area contributed by atoms with E-state index in [4.69, 9.17) is 4.52 Å². The lowest BCUT2D eigenvalue weighted by molar-refractivity contribution is -0.116. The van der Waals surface area contributed by atoms with Crippen molar-refractivity contribution < 1.29 is 9.32 Å². The summed E-state index contributed by atoms with van der Waals surface area (Å²) in [6.45, 7) is 3.75. The molecule has 2 aromatic heterocycles. The first-order valence-electron chi connectivity index (χ1n) is 7.45. The number of hydrogen-bond acceptors (Lipinski definition) is 4. The van der Waals surface area contributed by atoms with Crippen LogP contribution in [0.5, 0.6) is 0 Å². The number of aryl methyl sites for hydroxylation is 2. The van der Waals surface area contributed by atoms with Crippen LogP contribution in [0.15, 0.2) is 41.1 Å². The van der Waals surface area contributed by atoms with E-state index in [1.165, 1.54) is 0 Å². The third kappa shape index (κ3) is 3.48. The SMILES string of the molecule is Cc1noc(C)c1CCC(=O)Nc1cccc(-c2ccn[nH]2)c1. The maximum absolute atomic E-state index is 12.1. The summed E-state index contributed by atoms with van der Waals surface area (Å²) in [5, 5.41) is 13.7. The van der Waals surface area contributed by atoms with Crippen LogP contribution in [0.3, 0.4) is 0 Å². The average Bonchev–Trinajstić information content (AvgIpc) is 3.17. The van der Waals surface area contributed by atoms with Crippen LogP contribution >= 0.6 is 0 Å². The Balaban J connectivity index is 1.63. The van der Waals surface area contributed by atoms with E-state index in [0.29, 0.717) is 12.8 Å². The fraction of sp³-hybridized carbons (Fsp3) is 0.235. The molecule has 6 heteroatoms. The second-order valence-corrected chi connectivity index (χ2v) is 5.40. The number of H-pyrrole nitrogens is 1. The maximum Gasteiger partial charge on any atom is 0.224 e. The van der Waals surface area contributed by atoms with Crippen molar-refractivity contribution >= 4 is 11.6 Å². The molecule has 0 radical (unpaired) electrons. The van der Waals surface area contributed by atoms with Gasteiger partial charge in [0.25, 0.3) is 0 Å². The summed E-state index contributed by atoms with van der Waals surface area (Å²) in [6.07, 6.45) is 2.70. The average molecular weight is 310 g/mol. The number of aromatic amines is 1. The van der Waals surface area contributed by atoms with Crippen molar-refractivity contribution in [3.63, 3.8) is 0 Å². The predicted octanol–water partition coefficient (Wildman–Crippen LogP) is 3.25. The van der Waals surface area contributed by atoms with Crippen molar-refractivity contribution in [2.24, 2.45) is 0 Å². The number of nitrogens with zero attached hydrogens (tertiary/aromatic N) is 2. The molecule has 118 valence electrons. The molecule has 0 atom stereocenters. The largest absolute Gasteiger partial charge is 0.361 e. The molecule has 23 heavy (non-hydrogen) atoms. The molecular weight excluding hydrogens is 292 g/mol. The van der Waals surface area contributed by atoms with Gasteiger partial charge in [0, 0.05) is 29.4 Å². The minimum absolute atomic E-state index is 0.0354. The molecule has 0 spiro atoms. The minimum Gasteiger partial charge on any atom is -0.361 e. The Morgan fingerprint density at radius 1 is 1.30 bits per heavy atom. The summed E-state index contributed by atoms with van der Waals surface area (Å²) in [5.41, 5.74) is 4.51. The molecule has 0 aliphatic rings. The standard InChI is InChI=1S/C17H18N4O2/c1-11-15(12(2)23-21-11)6-7-17(22)19-14-5-3-4-13(10-14)16-8-9-18-20-16/h3-5,8-10H,6-7H2,1-2H3,(H,18,20)(H,19,22). The molecule has 3 aromatic rings. The molecule has 6 nitrogen and oxygen atoms in total. The van der Waals surface area contributed by atoms with E-state index in [1.807, 2.05) is 44.2 Å². The van der Waals surface area contributed by atoms with Gasteiger partial charge in [0.2, 0.25) is 5.91 Å². The highest BCUT2D eigenvalue weighted by Gasteiger charge is 2.11. The maximum atomic E-state index is 12.1. The smallest absolute Gasteiger partial charge is 0.224 e. The highest BCUT2D eigenvalue weighted by molar-refractivity contribution is 5.91. The van der Waals surface area contributed by atoms with Gasteiger partial charge in [-0.3, -0.25) is 9.89 Å². The quantitative estimate of drug-likeness (QED) is 0.757. The van der Waals surface area contributed by atoms with Crippen LogP contribution in [0.2, 0.25) is 0 Å². The van der Waals surface area contributed by atoms with Crippen LogP contribution in [-0.4, -0.2) is 21.3 Å². The van der Waals surface area contributed by atoms with E-state index >= 15 is 0 Å². The van der Waals surface area contributed by atoms with Crippen LogP contribution < -0.4 is 5.32 Å². The summed E-state index contributed by atoms with van der Waals surface area (Å²) in [4.78, 5) is 12.1. The Hall–Kier alpha value is -2.89. The summed E-state index contributed by atoms with van der Waals surface area (Å²) in [7, 11) is 0. The Labute approximate surface area is 133 Å². The lowest BCUT2D eigenvalue weighted by Crippen LogP contribution is -2.12. The zero-order valence-corrected chi connectivity index (χ0v) is 13.1. The fourth-order valence-electron chi connectivity index (χ4n) is 2.50. The molecule has 1 amide bonds. The van der Waals surface area contributed by atoms with E-state index in [-0.39, 0.29) is 5.91 Å². The van der Waals surface area contributed by atoms with Gasteiger partial charge in [0.15, 0.2) is 0 Å². The summed E-state index contributed by atoms with van der Waals surface area (Å²) < 4.78 is 5.11. The number of benzene rings is 1. The van der Waals surface area contributed by atoms with Gasteiger partial charge in [-0.05, 0) is 38.5 Å². The van der Waals surface area contributed by atoms with Gasteiger partial charge >= 0.3 is 0 Å². The molecule has 0 saturated heterocycles. The van der Waals surface area contributed by atoms with Crippen LogP contribution in [0.25, 0.3) is 11.3 Å². The molecule has 2 N–H and O–H groups in total. The molecule has 0 aliphatic heterocycles. The van der Waals surface area contributed by atoms with E-state index in [1.54, 1.807) is 6.20 Å². The van der Waals surface area contributed by atoms with Crippen molar-refractivity contribution in [2.75, 3.05) is 5.32 Å². The predicted molar refractivity (Wildman–Crippen MR) is 87.0 cm³/mol. The van der Waals surface area contributed by atoms with Crippen LogP contribution in [-0.2, 0) is 11.2 Å². The minimum atomic E-state index is -0.0354. The number of aromatic nitrogens is 3. The Bertz CT molecular complexity index is 786. The zero-order valence-electron chi connectivity index (χ0n) is 13.1. The van der Waals surface area contributed by atoms with Gasteiger partial charge in [0.1, 0.15) is 5.76 Å². The Morgan fingerprint density at radius 3 is 2.87 bits per heavy atom. The van der Waals surface area contributed by atoms with Gasteiger partial charge in [0.05, 0.1) is 11.4 Å². The Kier molecular flexibility index (Phi) is 4.23. The van der Waals surface area contributed by atoms with E-state index in [9.17, 15) is 4.79 Å². The lowest BCUT2D eigenvalue weighted by atomic mass is 10.1. The van der Waals surface area contributed by atoms with E-state index in [0.717, 1.165) is 34.0 Å². The number of carbonyl (C=O) groups is 1. The summed E-state index contributed by atoms with van der Waals surface area (Å²) in [5.74, 6) is 0.739. The van der Waals surface area contributed by atoms with E-state index in [2.05, 4.69) is 20.7 Å². The molecule has 0 unspecified atom stereocenters. The van der Waals surface area contributed by atoms with Gasteiger partial charge in [-0.1, -0.05) is 17.3 Å². The normalized spacial score (nSPS) is 10.7. The van der Waals surface area contributed by atoms with Crippen molar-refractivity contribution in [3.8, 4) is 11.3 Å².